The predicted octanol–water partition coefficient (Wildman–Crippen LogP) is 6.21. The molecule has 3 aromatic carbocycles. The molecule has 0 aromatic heterocycles. The summed E-state index contributed by atoms with van der Waals surface area (Å²) in [5, 5.41) is 1.14. The second-order valence-corrected chi connectivity index (χ2v) is 8.82. The lowest BCUT2D eigenvalue weighted by atomic mass is 9.89. The van der Waals surface area contributed by atoms with E-state index < -0.39 is 0 Å². The Morgan fingerprint density at radius 3 is 2.28 bits per heavy atom. The molecule has 0 saturated carbocycles. The minimum Gasteiger partial charge on any atom is -0.493 e. The number of anilines is 1. The van der Waals surface area contributed by atoms with Gasteiger partial charge in [0, 0.05) is 29.9 Å². The molecule has 4 nitrogen and oxygen atoms in total. The van der Waals surface area contributed by atoms with Crippen molar-refractivity contribution in [2.24, 2.45) is 0 Å². The number of rotatable bonds is 4. The zero-order valence-corrected chi connectivity index (χ0v) is 19.6. The molecule has 6 heteroatoms. The summed E-state index contributed by atoms with van der Waals surface area (Å²) in [6.45, 7) is 2.46. The van der Waals surface area contributed by atoms with Crippen LogP contribution in [0.3, 0.4) is 0 Å². The number of nitrogens with zero attached hydrogens (tertiary/aromatic N) is 2. The number of hydrogen-bond donors (Lipinski definition) is 0. The standard InChI is InChI=1S/C26H24Cl2N2O2/c1-31-24-12-18-10-11-29-16-30(19-8-9-22(27)23(28)13-19)15-21(17-6-4-3-5-7-17)26(29)20(18)14-25(24)32-2/h3-9,12-14H,10-11,15-16H2,1-2H3. The lowest BCUT2D eigenvalue weighted by Gasteiger charge is -2.44. The van der Waals surface area contributed by atoms with E-state index >= 15 is 0 Å². The van der Waals surface area contributed by atoms with Crippen LogP contribution in [0.15, 0.2) is 60.7 Å². The summed E-state index contributed by atoms with van der Waals surface area (Å²) >= 11 is 12.5. The first-order valence-electron chi connectivity index (χ1n) is 10.6. The second-order valence-electron chi connectivity index (χ2n) is 8.01. The van der Waals surface area contributed by atoms with Crippen LogP contribution in [0.4, 0.5) is 5.69 Å². The highest BCUT2D eigenvalue weighted by Crippen LogP contribution is 2.43. The molecule has 164 valence electrons. The maximum Gasteiger partial charge on any atom is 0.161 e. The highest BCUT2D eigenvalue weighted by atomic mass is 35.5. The van der Waals surface area contributed by atoms with Gasteiger partial charge in [0.15, 0.2) is 11.5 Å². The Labute approximate surface area is 198 Å². The number of methoxy groups -OCH3 is 2. The van der Waals surface area contributed by atoms with Gasteiger partial charge in [-0.1, -0.05) is 53.5 Å². The van der Waals surface area contributed by atoms with Gasteiger partial charge in [0.25, 0.3) is 0 Å². The zero-order valence-electron chi connectivity index (χ0n) is 18.1. The van der Waals surface area contributed by atoms with Crippen LogP contribution in [0.25, 0.3) is 11.3 Å². The Balaban J connectivity index is 1.67. The van der Waals surface area contributed by atoms with Crippen molar-refractivity contribution in [3.05, 3.63) is 87.4 Å². The van der Waals surface area contributed by atoms with E-state index in [1.807, 2.05) is 18.2 Å². The molecule has 2 aliphatic heterocycles. The minimum atomic E-state index is 0.569. The van der Waals surface area contributed by atoms with E-state index in [4.69, 9.17) is 32.7 Å². The Morgan fingerprint density at radius 1 is 0.812 bits per heavy atom. The fourth-order valence-corrected chi connectivity index (χ4v) is 4.92. The van der Waals surface area contributed by atoms with Crippen molar-refractivity contribution in [2.45, 2.75) is 6.42 Å². The van der Waals surface area contributed by atoms with E-state index in [1.54, 1.807) is 14.2 Å². The Hall–Kier alpha value is -2.82. The van der Waals surface area contributed by atoms with Gasteiger partial charge in [-0.15, -0.1) is 0 Å². The molecule has 2 aliphatic rings. The van der Waals surface area contributed by atoms with Crippen LogP contribution >= 0.6 is 23.2 Å². The summed E-state index contributed by atoms with van der Waals surface area (Å²) in [7, 11) is 3.37. The van der Waals surface area contributed by atoms with Gasteiger partial charge in [-0.05, 0) is 47.9 Å². The molecule has 3 aromatic rings. The molecule has 0 amide bonds. The van der Waals surface area contributed by atoms with Crippen LogP contribution < -0.4 is 14.4 Å². The van der Waals surface area contributed by atoms with E-state index in [-0.39, 0.29) is 0 Å². The van der Waals surface area contributed by atoms with Gasteiger partial charge in [-0.2, -0.15) is 0 Å². The highest BCUT2D eigenvalue weighted by Gasteiger charge is 2.32. The second kappa shape index (κ2) is 8.61. The molecule has 2 heterocycles. The topological polar surface area (TPSA) is 24.9 Å². The summed E-state index contributed by atoms with van der Waals surface area (Å²) < 4.78 is 11.2. The number of ether oxygens (including phenoxy) is 2. The number of hydrogen-bond acceptors (Lipinski definition) is 4. The molecule has 0 saturated heterocycles. The lowest BCUT2D eigenvalue weighted by Crippen LogP contribution is -2.45. The Morgan fingerprint density at radius 2 is 1.56 bits per heavy atom. The van der Waals surface area contributed by atoms with Gasteiger partial charge in [-0.25, -0.2) is 0 Å². The third-order valence-corrected chi connectivity index (χ3v) is 6.94. The maximum absolute atomic E-state index is 6.34. The summed E-state index contributed by atoms with van der Waals surface area (Å²) in [6, 6.07) is 20.7. The molecule has 0 radical (unpaired) electrons. The van der Waals surface area contributed by atoms with Crippen molar-refractivity contribution in [1.29, 1.82) is 0 Å². The Bertz CT molecular complexity index is 1190. The SMILES string of the molecule is COc1cc2c(cc1OC)C1=C(c3ccccc3)CN(c3ccc(Cl)c(Cl)c3)CN1CC2. The average molecular weight is 467 g/mol. The fraction of sp³-hybridized carbons (Fsp3) is 0.231. The van der Waals surface area contributed by atoms with E-state index in [1.165, 1.54) is 28.0 Å². The van der Waals surface area contributed by atoms with Gasteiger partial charge in [-0.3, -0.25) is 0 Å². The number of halogens is 2. The van der Waals surface area contributed by atoms with E-state index in [2.05, 4.69) is 52.3 Å². The van der Waals surface area contributed by atoms with Crippen molar-refractivity contribution in [2.75, 3.05) is 38.9 Å². The van der Waals surface area contributed by atoms with Gasteiger partial charge in [0.05, 0.1) is 36.6 Å². The summed E-state index contributed by atoms with van der Waals surface area (Å²) in [4.78, 5) is 4.79. The molecular formula is C26H24Cl2N2O2. The smallest absolute Gasteiger partial charge is 0.161 e. The van der Waals surface area contributed by atoms with Crippen LogP contribution in [0.1, 0.15) is 16.7 Å². The van der Waals surface area contributed by atoms with Crippen molar-refractivity contribution in [3.8, 4) is 11.5 Å². The molecule has 0 N–H and O–H groups in total. The van der Waals surface area contributed by atoms with Crippen LogP contribution in [0, 0.1) is 0 Å². The molecule has 0 fully saturated rings. The van der Waals surface area contributed by atoms with Crippen LogP contribution in [-0.2, 0) is 6.42 Å². The third kappa shape index (κ3) is 3.68. The van der Waals surface area contributed by atoms with Crippen molar-refractivity contribution >= 4 is 40.2 Å². The van der Waals surface area contributed by atoms with Crippen LogP contribution in [0.2, 0.25) is 10.0 Å². The Kier molecular flexibility index (Phi) is 5.66. The molecule has 0 bridgehead atoms. The van der Waals surface area contributed by atoms with Gasteiger partial charge in [0.1, 0.15) is 0 Å². The van der Waals surface area contributed by atoms with E-state index in [0.29, 0.717) is 10.0 Å². The number of benzene rings is 3. The number of fused-ring (bicyclic) bond motifs is 3. The lowest BCUT2D eigenvalue weighted by molar-refractivity contribution is 0.350. The normalized spacial score (nSPS) is 15.4. The maximum atomic E-state index is 6.34. The predicted molar refractivity (Wildman–Crippen MR) is 132 cm³/mol. The summed E-state index contributed by atoms with van der Waals surface area (Å²) in [5.74, 6) is 1.52. The van der Waals surface area contributed by atoms with E-state index in [0.717, 1.165) is 43.4 Å². The van der Waals surface area contributed by atoms with Crippen molar-refractivity contribution in [3.63, 3.8) is 0 Å². The van der Waals surface area contributed by atoms with Gasteiger partial charge >= 0.3 is 0 Å². The van der Waals surface area contributed by atoms with Crippen molar-refractivity contribution in [1.82, 2.24) is 4.90 Å². The zero-order chi connectivity index (χ0) is 22.2. The molecular weight excluding hydrogens is 443 g/mol. The summed E-state index contributed by atoms with van der Waals surface area (Å²) in [5.41, 5.74) is 7.29. The van der Waals surface area contributed by atoms with Crippen molar-refractivity contribution < 1.29 is 9.47 Å². The van der Waals surface area contributed by atoms with Gasteiger partial charge < -0.3 is 19.3 Å². The molecule has 0 atom stereocenters. The summed E-state index contributed by atoms with van der Waals surface area (Å²) in [6.07, 6.45) is 0.941. The average Bonchev–Trinajstić information content (AvgIpc) is 2.84. The highest BCUT2D eigenvalue weighted by molar-refractivity contribution is 6.42. The van der Waals surface area contributed by atoms with Crippen LogP contribution in [-0.4, -0.2) is 38.9 Å². The quantitative estimate of drug-likeness (QED) is 0.455. The van der Waals surface area contributed by atoms with Crippen LogP contribution in [0.5, 0.6) is 11.5 Å². The molecule has 0 spiro atoms. The monoisotopic (exact) mass is 466 g/mol. The first-order chi connectivity index (χ1) is 15.6. The largest absolute Gasteiger partial charge is 0.493 e. The van der Waals surface area contributed by atoms with Gasteiger partial charge in [0.2, 0.25) is 0 Å². The minimum absolute atomic E-state index is 0.569. The molecule has 5 rings (SSSR count). The first-order valence-corrected chi connectivity index (χ1v) is 11.3. The van der Waals surface area contributed by atoms with E-state index in [9.17, 15) is 0 Å². The molecule has 0 unspecified atom stereocenters. The first kappa shape index (κ1) is 21.0. The third-order valence-electron chi connectivity index (χ3n) is 6.20. The molecule has 32 heavy (non-hydrogen) atoms. The molecule has 0 aliphatic carbocycles. The fourth-order valence-electron chi connectivity index (χ4n) is 4.62.